The van der Waals surface area contributed by atoms with Gasteiger partial charge in [0.05, 0.1) is 6.61 Å². The lowest BCUT2D eigenvalue weighted by Crippen LogP contribution is -2.48. The zero-order valence-corrected chi connectivity index (χ0v) is 18.8. The quantitative estimate of drug-likeness (QED) is 0.522. The van der Waals surface area contributed by atoms with Crippen molar-refractivity contribution in [3.8, 4) is 11.5 Å². The molecular weight excluding hydrogens is 426 g/mol. The number of ether oxygens (including phenoxy) is 2. The van der Waals surface area contributed by atoms with Crippen LogP contribution in [0, 0.1) is 0 Å². The summed E-state index contributed by atoms with van der Waals surface area (Å²) in [5.41, 5.74) is 2.69. The van der Waals surface area contributed by atoms with Crippen molar-refractivity contribution < 1.29 is 14.3 Å². The molecule has 1 aliphatic heterocycles. The number of halogens is 1. The molecule has 1 saturated heterocycles. The third kappa shape index (κ3) is 5.32. The van der Waals surface area contributed by atoms with Crippen LogP contribution < -0.4 is 14.4 Å². The molecule has 1 aromatic heterocycles. The number of benzene rings is 2. The zero-order valence-electron chi connectivity index (χ0n) is 18.0. The number of aromatic nitrogens is 1. The molecule has 4 rings (SSSR count). The van der Waals surface area contributed by atoms with Crippen LogP contribution in [0.3, 0.4) is 0 Å². The molecule has 0 aliphatic carbocycles. The van der Waals surface area contributed by atoms with Gasteiger partial charge in [0, 0.05) is 54.8 Å². The Balaban J connectivity index is 1.41. The molecule has 1 fully saturated rings. The van der Waals surface area contributed by atoms with Gasteiger partial charge in [0.15, 0.2) is 11.5 Å². The van der Waals surface area contributed by atoms with Crippen LogP contribution in [0.25, 0.3) is 0 Å². The van der Waals surface area contributed by atoms with Crippen LogP contribution in [-0.4, -0.2) is 48.6 Å². The average molecular weight is 452 g/mol. The number of nitrogens with zero attached hydrogens (tertiary/aromatic N) is 3. The zero-order chi connectivity index (χ0) is 22.3. The van der Waals surface area contributed by atoms with Gasteiger partial charge in [0.2, 0.25) is 0 Å². The molecule has 2 heterocycles. The van der Waals surface area contributed by atoms with Crippen LogP contribution in [0.2, 0.25) is 5.02 Å². The minimum Gasteiger partial charge on any atom is -0.490 e. The first-order valence-corrected chi connectivity index (χ1v) is 11.1. The Hall–Kier alpha value is -3.25. The number of pyridine rings is 1. The van der Waals surface area contributed by atoms with E-state index in [9.17, 15) is 4.79 Å². The lowest BCUT2D eigenvalue weighted by Gasteiger charge is -2.36. The molecule has 166 valence electrons. The number of carbonyl (C=O) groups excluding carboxylic acids is 1. The van der Waals surface area contributed by atoms with Gasteiger partial charge in [-0.3, -0.25) is 9.78 Å². The first-order chi connectivity index (χ1) is 15.6. The summed E-state index contributed by atoms with van der Waals surface area (Å²) in [4.78, 5) is 21.3. The predicted molar refractivity (Wildman–Crippen MR) is 126 cm³/mol. The Morgan fingerprint density at radius 3 is 2.47 bits per heavy atom. The first kappa shape index (κ1) is 22.0. The van der Waals surface area contributed by atoms with E-state index in [0.29, 0.717) is 43.4 Å². The van der Waals surface area contributed by atoms with Gasteiger partial charge in [0.25, 0.3) is 5.91 Å². The molecule has 32 heavy (non-hydrogen) atoms. The van der Waals surface area contributed by atoms with E-state index in [1.165, 1.54) is 0 Å². The van der Waals surface area contributed by atoms with E-state index in [1.54, 1.807) is 24.5 Å². The molecule has 1 amide bonds. The number of piperazine rings is 1. The molecule has 0 atom stereocenters. The Morgan fingerprint density at radius 2 is 1.75 bits per heavy atom. The Morgan fingerprint density at radius 1 is 0.969 bits per heavy atom. The number of rotatable bonds is 7. The monoisotopic (exact) mass is 451 g/mol. The van der Waals surface area contributed by atoms with Crippen molar-refractivity contribution in [1.82, 2.24) is 9.88 Å². The van der Waals surface area contributed by atoms with Crippen molar-refractivity contribution in [2.24, 2.45) is 0 Å². The summed E-state index contributed by atoms with van der Waals surface area (Å²) < 4.78 is 11.7. The first-order valence-electron chi connectivity index (χ1n) is 10.7. The highest BCUT2D eigenvalue weighted by molar-refractivity contribution is 6.30. The number of carbonyl (C=O) groups is 1. The molecule has 0 radical (unpaired) electrons. The lowest BCUT2D eigenvalue weighted by atomic mass is 10.1. The smallest absolute Gasteiger partial charge is 0.254 e. The Bertz CT molecular complexity index is 1050. The summed E-state index contributed by atoms with van der Waals surface area (Å²) in [7, 11) is 0. The third-order valence-electron chi connectivity index (χ3n) is 5.37. The van der Waals surface area contributed by atoms with Crippen molar-refractivity contribution in [3.05, 3.63) is 83.1 Å². The van der Waals surface area contributed by atoms with Crippen LogP contribution in [0.1, 0.15) is 22.8 Å². The maximum atomic E-state index is 13.1. The molecule has 0 spiro atoms. The topological polar surface area (TPSA) is 54.9 Å². The fourth-order valence-corrected chi connectivity index (χ4v) is 3.88. The molecule has 0 N–H and O–H groups in total. The van der Waals surface area contributed by atoms with Gasteiger partial charge in [-0.15, -0.1) is 0 Å². The molecule has 7 heteroatoms. The summed E-state index contributed by atoms with van der Waals surface area (Å²) in [6, 6.07) is 17.0. The van der Waals surface area contributed by atoms with Gasteiger partial charge in [-0.1, -0.05) is 17.7 Å². The van der Waals surface area contributed by atoms with Crippen molar-refractivity contribution in [2.45, 2.75) is 13.5 Å². The predicted octanol–water partition coefficient (Wildman–Crippen LogP) is 4.68. The molecule has 2 aromatic carbocycles. The van der Waals surface area contributed by atoms with Crippen molar-refractivity contribution in [3.63, 3.8) is 0 Å². The minimum absolute atomic E-state index is 0.00243. The minimum atomic E-state index is -0.00243. The molecular formula is C25H26ClN3O3. The van der Waals surface area contributed by atoms with Gasteiger partial charge < -0.3 is 19.3 Å². The fraction of sp³-hybridized carbons (Fsp3) is 0.280. The van der Waals surface area contributed by atoms with Gasteiger partial charge >= 0.3 is 0 Å². The summed E-state index contributed by atoms with van der Waals surface area (Å²) in [5, 5.41) is 0.718. The van der Waals surface area contributed by atoms with Crippen LogP contribution in [0.15, 0.2) is 67.0 Å². The SMILES string of the molecule is CCOc1cc(C(=O)N2CCN(c3cccc(Cl)c3)CC2)ccc1OCc1ccncc1. The molecule has 0 bridgehead atoms. The fourth-order valence-electron chi connectivity index (χ4n) is 3.69. The average Bonchev–Trinajstić information content (AvgIpc) is 2.84. The number of hydrogen-bond donors (Lipinski definition) is 0. The van der Waals surface area contributed by atoms with Crippen LogP contribution in [0.4, 0.5) is 5.69 Å². The standard InChI is InChI=1S/C25H26ClN3O3/c1-2-31-24-16-20(6-7-23(24)32-18-19-8-10-27-11-9-19)25(30)29-14-12-28(13-15-29)22-5-3-4-21(26)17-22/h3-11,16-17H,2,12-15,18H2,1H3. The molecule has 0 saturated carbocycles. The van der Waals surface area contributed by atoms with E-state index >= 15 is 0 Å². The highest BCUT2D eigenvalue weighted by Crippen LogP contribution is 2.30. The van der Waals surface area contributed by atoms with Gasteiger partial charge in [0.1, 0.15) is 6.61 Å². The van der Waals surface area contributed by atoms with Crippen LogP contribution in [0.5, 0.6) is 11.5 Å². The van der Waals surface area contributed by atoms with Gasteiger partial charge in [-0.2, -0.15) is 0 Å². The van der Waals surface area contributed by atoms with Crippen molar-refractivity contribution >= 4 is 23.2 Å². The van der Waals surface area contributed by atoms with E-state index < -0.39 is 0 Å². The van der Waals surface area contributed by atoms with Crippen LogP contribution >= 0.6 is 11.6 Å². The second-order valence-electron chi connectivity index (χ2n) is 7.50. The van der Waals surface area contributed by atoms with Gasteiger partial charge in [-0.05, 0) is 61.0 Å². The summed E-state index contributed by atoms with van der Waals surface area (Å²) in [6.45, 7) is 5.62. The Labute approximate surface area is 193 Å². The third-order valence-corrected chi connectivity index (χ3v) is 5.61. The molecule has 6 nitrogen and oxygen atoms in total. The number of hydrogen-bond acceptors (Lipinski definition) is 5. The molecule has 3 aromatic rings. The lowest BCUT2D eigenvalue weighted by molar-refractivity contribution is 0.0746. The summed E-state index contributed by atoms with van der Waals surface area (Å²) in [6.07, 6.45) is 3.46. The normalized spacial score (nSPS) is 13.7. The highest BCUT2D eigenvalue weighted by Gasteiger charge is 2.23. The van der Waals surface area contributed by atoms with E-state index in [-0.39, 0.29) is 5.91 Å². The molecule has 0 unspecified atom stereocenters. The largest absolute Gasteiger partial charge is 0.490 e. The van der Waals surface area contributed by atoms with E-state index in [0.717, 1.165) is 29.4 Å². The summed E-state index contributed by atoms with van der Waals surface area (Å²) >= 11 is 6.12. The van der Waals surface area contributed by atoms with E-state index in [4.69, 9.17) is 21.1 Å². The van der Waals surface area contributed by atoms with Crippen molar-refractivity contribution in [2.75, 3.05) is 37.7 Å². The molecule has 1 aliphatic rings. The highest BCUT2D eigenvalue weighted by atomic mass is 35.5. The van der Waals surface area contributed by atoms with Gasteiger partial charge in [-0.25, -0.2) is 0 Å². The number of amides is 1. The maximum Gasteiger partial charge on any atom is 0.254 e. The second kappa shape index (κ2) is 10.4. The second-order valence-corrected chi connectivity index (χ2v) is 7.93. The maximum absolute atomic E-state index is 13.1. The van der Waals surface area contributed by atoms with Crippen LogP contribution in [-0.2, 0) is 6.61 Å². The number of anilines is 1. The van der Waals surface area contributed by atoms with Crippen molar-refractivity contribution in [1.29, 1.82) is 0 Å². The Kier molecular flexibility index (Phi) is 7.12. The van der Waals surface area contributed by atoms with E-state index in [2.05, 4.69) is 9.88 Å². The van der Waals surface area contributed by atoms with E-state index in [1.807, 2.05) is 54.3 Å². The summed E-state index contributed by atoms with van der Waals surface area (Å²) in [5.74, 6) is 1.19.